The zero-order valence-corrected chi connectivity index (χ0v) is 15.7. The summed E-state index contributed by atoms with van der Waals surface area (Å²) in [7, 11) is 0. The molecule has 1 unspecified atom stereocenters. The number of carboxylic acids is 1. The summed E-state index contributed by atoms with van der Waals surface area (Å²) in [5, 5.41) is 12.3. The Morgan fingerprint density at radius 3 is 2.60 bits per heavy atom. The van der Waals surface area contributed by atoms with Gasteiger partial charge in [-0.3, -0.25) is 4.79 Å². The van der Waals surface area contributed by atoms with Crippen LogP contribution in [0.1, 0.15) is 51.4 Å². The number of hydrogen-bond donors (Lipinski definition) is 3. The summed E-state index contributed by atoms with van der Waals surface area (Å²) in [6.07, 6.45) is 9.31. The van der Waals surface area contributed by atoms with E-state index in [2.05, 4.69) is 5.32 Å². The predicted octanol–water partition coefficient (Wildman–Crippen LogP) is -0.364. The zero-order chi connectivity index (χ0) is 14.1. The fraction of sp³-hybridized carbons (Fsp3) is 0.786. The molecule has 110 valence electrons. The minimum absolute atomic E-state index is 0. The molecule has 1 fully saturated rings. The Kier molecular flexibility index (Phi) is 12.2. The van der Waals surface area contributed by atoms with Crippen LogP contribution in [-0.2, 0) is 4.79 Å². The Bertz CT molecular complexity index is 305. The van der Waals surface area contributed by atoms with Crippen LogP contribution in [0.5, 0.6) is 0 Å². The maximum Gasteiger partial charge on any atom is 1.00 e. The van der Waals surface area contributed by atoms with Crippen molar-refractivity contribution in [3.05, 3.63) is 17.6 Å². The molecule has 0 amide bonds. The quantitative estimate of drug-likeness (QED) is 0.533. The molecule has 0 spiro atoms. The molecular formula is C14H26KN3O2. The minimum atomic E-state index is -0.829. The summed E-state index contributed by atoms with van der Waals surface area (Å²) in [5.74, 6) is -1.32. The van der Waals surface area contributed by atoms with Crippen LogP contribution in [0, 0.1) is 5.92 Å². The third-order valence-electron chi connectivity index (χ3n) is 3.67. The first-order chi connectivity index (χ1) is 9.13. The van der Waals surface area contributed by atoms with Crippen molar-refractivity contribution in [2.24, 2.45) is 11.7 Å². The van der Waals surface area contributed by atoms with E-state index in [1.165, 1.54) is 19.3 Å². The van der Waals surface area contributed by atoms with E-state index in [1.807, 2.05) is 0 Å². The van der Waals surface area contributed by atoms with Gasteiger partial charge < -0.3 is 21.9 Å². The molecule has 1 atom stereocenters. The van der Waals surface area contributed by atoms with Gasteiger partial charge in [-0.1, -0.05) is 19.3 Å². The van der Waals surface area contributed by atoms with E-state index >= 15 is 0 Å². The monoisotopic (exact) mass is 307 g/mol. The number of allylic oxidation sites excluding steroid dienone is 1. The van der Waals surface area contributed by atoms with Crippen molar-refractivity contribution in [3.63, 3.8) is 0 Å². The number of nitrogens with two attached hydrogens (primary N) is 1. The van der Waals surface area contributed by atoms with Gasteiger partial charge in [0.05, 0.1) is 5.92 Å². The molecule has 0 saturated heterocycles. The molecule has 0 aromatic heterocycles. The van der Waals surface area contributed by atoms with Crippen LogP contribution < -0.4 is 62.4 Å². The first-order valence-corrected chi connectivity index (χ1v) is 7.23. The van der Waals surface area contributed by atoms with E-state index in [9.17, 15) is 4.79 Å². The van der Waals surface area contributed by atoms with Crippen LogP contribution in [0.2, 0.25) is 0 Å². The minimum Gasteiger partial charge on any atom is -0.701 e. The smallest absolute Gasteiger partial charge is 0.701 e. The van der Waals surface area contributed by atoms with Crippen LogP contribution in [0.4, 0.5) is 0 Å². The predicted molar refractivity (Wildman–Crippen MR) is 76.4 cm³/mol. The number of aliphatic carboxylic acids is 1. The van der Waals surface area contributed by atoms with Gasteiger partial charge in [-0.2, -0.15) is 0 Å². The first-order valence-electron chi connectivity index (χ1n) is 7.23. The molecule has 0 bridgehead atoms. The van der Waals surface area contributed by atoms with E-state index < -0.39 is 11.9 Å². The summed E-state index contributed by atoms with van der Waals surface area (Å²) in [6.45, 7) is 0.501. The largest absolute Gasteiger partial charge is 1.00 e. The Balaban J connectivity index is 0.00000361. The fourth-order valence-corrected chi connectivity index (χ4v) is 2.49. The zero-order valence-electron chi connectivity index (χ0n) is 12.5. The van der Waals surface area contributed by atoms with E-state index in [-0.39, 0.29) is 57.8 Å². The van der Waals surface area contributed by atoms with Crippen molar-refractivity contribution in [1.82, 2.24) is 5.32 Å². The average Bonchev–Trinajstić information content (AvgIpc) is 2.42. The molecule has 5 nitrogen and oxygen atoms in total. The van der Waals surface area contributed by atoms with Gasteiger partial charge in [-0.15, -0.1) is 5.70 Å². The normalized spacial score (nSPS) is 18.1. The van der Waals surface area contributed by atoms with E-state index in [0.717, 1.165) is 12.8 Å². The second-order valence-corrected chi connectivity index (χ2v) is 5.34. The average molecular weight is 307 g/mol. The van der Waals surface area contributed by atoms with Crippen LogP contribution in [0.25, 0.3) is 5.73 Å². The Morgan fingerprint density at radius 2 is 2.05 bits per heavy atom. The van der Waals surface area contributed by atoms with E-state index in [4.69, 9.17) is 16.6 Å². The van der Waals surface area contributed by atoms with Crippen LogP contribution in [0.3, 0.4) is 0 Å². The SMILES string of the molecule is [K+].[NH-]/C(=C\NC1CCCCC1)CC(CCCN)C(=O)O. The summed E-state index contributed by atoms with van der Waals surface area (Å²) in [5.41, 5.74) is 13.6. The molecule has 0 aromatic carbocycles. The molecule has 6 heteroatoms. The van der Waals surface area contributed by atoms with Gasteiger partial charge in [0.1, 0.15) is 0 Å². The van der Waals surface area contributed by atoms with Crippen LogP contribution in [0.15, 0.2) is 11.9 Å². The van der Waals surface area contributed by atoms with E-state index in [0.29, 0.717) is 31.1 Å². The van der Waals surface area contributed by atoms with Crippen molar-refractivity contribution >= 4 is 5.97 Å². The summed E-state index contributed by atoms with van der Waals surface area (Å²) in [4.78, 5) is 11.1. The van der Waals surface area contributed by atoms with Crippen molar-refractivity contribution in [2.75, 3.05) is 6.54 Å². The number of rotatable bonds is 8. The fourth-order valence-electron chi connectivity index (χ4n) is 2.49. The first kappa shape index (κ1) is 20.4. The number of nitrogens with one attached hydrogen (secondary N) is 2. The van der Waals surface area contributed by atoms with Crippen molar-refractivity contribution in [2.45, 2.75) is 57.4 Å². The third-order valence-corrected chi connectivity index (χ3v) is 3.67. The van der Waals surface area contributed by atoms with Gasteiger partial charge in [-0.05, 0) is 44.8 Å². The molecule has 1 aliphatic carbocycles. The third kappa shape index (κ3) is 8.64. The summed E-state index contributed by atoms with van der Waals surface area (Å²) >= 11 is 0. The molecule has 20 heavy (non-hydrogen) atoms. The van der Waals surface area contributed by atoms with E-state index in [1.54, 1.807) is 6.20 Å². The van der Waals surface area contributed by atoms with Gasteiger partial charge in [0.15, 0.2) is 0 Å². The van der Waals surface area contributed by atoms with Crippen molar-refractivity contribution < 1.29 is 61.3 Å². The number of carboxylic acid groups (broad SMARTS) is 1. The number of carbonyl (C=O) groups is 1. The van der Waals surface area contributed by atoms with Gasteiger partial charge in [0.2, 0.25) is 0 Å². The Hall–Kier alpha value is 0.406. The molecule has 0 radical (unpaired) electrons. The van der Waals surface area contributed by atoms with Gasteiger partial charge >= 0.3 is 57.4 Å². The van der Waals surface area contributed by atoms with Crippen LogP contribution >= 0.6 is 0 Å². The Labute approximate surface area is 164 Å². The molecule has 0 heterocycles. The molecule has 1 rings (SSSR count). The second-order valence-electron chi connectivity index (χ2n) is 5.34. The summed E-state index contributed by atoms with van der Waals surface area (Å²) in [6, 6.07) is 0.460. The maximum atomic E-state index is 11.1. The van der Waals surface area contributed by atoms with Gasteiger partial charge in [0, 0.05) is 6.04 Å². The van der Waals surface area contributed by atoms with Crippen LogP contribution in [-0.4, -0.2) is 23.7 Å². The maximum absolute atomic E-state index is 11.1. The molecular weight excluding hydrogens is 281 g/mol. The Morgan fingerprint density at radius 1 is 1.40 bits per heavy atom. The molecule has 0 aromatic rings. The van der Waals surface area contributed by atoms with Gasteiger partial charge in [0.25, 0.3) is 0 Å². The number of hydrogen-bond acceptors (Lipinski definition) is 3. The van der Waals surface area contributed by atoms with Crippen molar-refractivity contribution in [3.8, 4) is 0 Å². The van der Waals surface area contributed by atoms with Crippen molar-refractivity contribution in [1.29, 1.82) is 0 Å². The van der Waals surface area contributed by atoms with Gasteiger partial charge in [-0.25, -0.2) is 0 Å². The molecule has 1 aliphatic rings. The molecule has 1 saturated carbocycles. The standard InChI is InChI=1S/C14H26N3O2.K/c15-8-4-5-11(14(18)19)9-12(16)10-17-13-6-2-1-3-7-13;/h10-11,13,16-17H,1-9,15H2,(H,18,19);/q-1;+1/b12-10-;. The molecule has 0 aliphatic heterocycles. The summed E-state index contributed by atoms with van der Waals surface area (Å²) < 4.78 is 0. The topological polar surface area (TPSA) is 99.1 Å². The second kappa shape index (κ2) is 12.0. The molecule has 5 N–H and O–H groups in total.